The van der Waals surface area contributed by atoms with Crippen molar-refractivity contribution < 1.29 is 9.53 Å². The van der Waals surface area contributed by atoms with Crippen molar-refractivity contribution >= 4 is 28.7 Å². The van der Waals surface area contributed by atoms with Crippen molar-refractivity contribution in [2.24, 2.45) is 0 Å². The van der Waals surface area contributed by atoms with Crippen LogP contribution in [-0.2, 0) is 4.79 Å². The number of aromatic amines is 1. The van der Waals surface area contributed by atoms with Gasteiger partial charge in [-0.05, 0) is 37.1 Å². The van der Waals surface area contributed by atoms with E-state index in [0.717, 1.165) is 37.4 Å². The number of aromatic nitrogens is 4. The number of H-pyrrole nitrogens is 1. The van der Waals surface area contributed by atoms with Crippen molar-refractivity contribution in [3.8, 4) is 11.4 Å². The number of ether oxygens (including phenoxy) is 1. The zero-order valence-corrected chi connectivity index (χ0v) is 17.1. The lowest BCUT2D eigenvalue weighted by molar-refractivity contribution is -0.128. The molecular weight excluding hydrogens is 390 g/mol. The molecule has 1 aliphatic heterocycles. The van der Waals surface area contributed by atoms with Gasteiger partial charge in [0.25, 0.3) is 5.56 Å². The van der Waals surface area contributed by atoms with E-state index in [1.54, 1.807) is 11.8 Å². The van der Waals surface area contributed by atoms with E-state index in [0.29, 0.717) is 16.2 Å². The average molecular weight is 414 g/mol. The molecule has 4 rings (SSSR count). The number of methoxy groups -OCH3 is 1. The highest BCUT2D eigenvalue weighted by Crippen LogP contribution is 2.20. The fraction of sp³-hybridized carbons (Fsp3) is 0.400. The predicted octanol–water partition coefficient (Wildman–Crippen LogP) is 2.61. The van der Waals surface area contributed by atoms with E-state index in [-0.39, 0.29) is 17.2 Å². The van der Waals surface area contributed by atoms with Crippen LogP contribution in [0.15, 0.2) is 40.4 Å². The number of rotatable bonds is 5. The predicted molar refractivity (Wildman–Crippen MR) is 112 cm³/mol. The van der Waals surface area contributed by atoms with E-state index in [1.807, 2.05) is 29.2 Å². The third-order valence-corrected chi connectivity index (χ3v) is 5.88. The number of thioether (sulfide) groups is 1. The van der Waals surface area contributed by atoms with Gasteiger partial charge in [-0.1, -0.05) is 24.6 Å². The van der Waals surface area contributed by atoms with Crippen LogP contribution in [0.4, 0.5) is 0 Å². The van der Waals surface area contributed by atoms with Crippen molar-refractivity contribution in [3.63, 3.8) is 0 Å². The maximum absolute atomic E-state index is 12.5. The van der Waals surface area contributed by atoms with Crippen LogP contribution in [0.3, 0.4) is 0 Å². The second-order valence-electron chi connectivity index (χ2n) is 6.95. The molecule has 0 atom stereocenters. The molecule has 1 saturated heterocycles. The van der Waals surface area contributed by atoms with Gasteiger partial charge in [-0.15, -0.1) is 0 Å². The van der Waals surface area contributed by atoms with Gasteiger partial charge in [-0.25, -0.2) is 9.67 Å². The monoisotopic (exact) mass is 413 g/mol. The molecule has 1 aliphatic rings. The number of benzene rings is 1. The van der Waals surface area contributed by atoms with E-state index in [2.05, 4.69) is 15.1 Å². The Bertz CT molecular complexity index is 1050. The van der Waals surface area contributed by atoms with Crippen LogP contribution in [0.25, 0.3) is 16.7 Å². The van der Waals surface area contributed by atoms with Gasteiger partial charge in [0.2, 0.25) is 5.91 Å². The maximum Gasteiger partial charge on any atom is 0.262 e. The van der Waals surface area contributed by atoms with E-state index in [4.69, 9.17) is 4.74 Å². The van der Waals surface area contributed by atoms with Gasteiger partial charge >= 0.3 is 0 Å². The summed E-state index contributed by atoms with van der Waals surface area (Å²) in [4.78, 5) is 34.2. The van der Waals surface area contributed by atoms with Gasteiger partial charge in [0.1, 0.15) is 11.1 Å². The van der Waals surface area contributed by atoms with E-state index >= 15 is 0 Å². The van der Waals surface area contributed by atoms with Gasteiger partial charge in [0.15, 0.2) is 10.8 Å². The summed E-state index contributed by atoms with van der Waals surface area (Å²) in [5, 5.41) is 5.14. The molecule has 0 bridgehead atoms. The SMILES string of the molecule is COc1ccc(-n2ncc3c(=O)[nH]c(SCC(=O)N4CCCCCC4)nc32)cc1. The molecule has 9 heteroatoms. The van der Waals surface area contributed by atoms with Gasteiger partial charge in [-0.3, -0.25) is 9.59 Å². The number of hydrogen-bond acceptors (Lipinski definition) is 6. The quantitative estimate of drug-likeness (QED) is 0.511. The molecule has 8 nitrogen and oxygen atoms in total. The Labute approximate surface area is 172 Å². The van der Waals surface area contributed by atoms with Crippen LogP contribution in [0, 0.1) is 0 Å². The normalized spacial score (nSPS) is 14.7. The van der Waals surface area contributed by atoms with Gasteiger partial charge < -0.3 is 14.6 Å². The Balaban J connectivity index is 1.55. The summed E-state index contributed by atoms with van der Waals surface area (Å²) in [6, 6.07) is 7.35. The molecule has 3 aromatic rings. The van der Waals surface area contributed by atoms with Crippen LogP contribution in [0.2, 0.25) is 0 Å². The minimum absolute atomic E-state index is 0.0864. The van der Waals surface area contributed by atoms with Crippen LogP contribution in [0.1, 0.15) is 25.7 Å². The summed E-state index contributed by atoms with van der Waals surface area (Å²) in [7, 11) is 1.61. The average Bonchev–Trinajstić information content (AvgIpc) is 2.98. The molecule has 1 N–H and O–H groups in total. The minimum Gasteiger partial charge on any atom is -0.497 e. The molecule has 29 heavy (non-hydrogen) atoms. The summed E-state index contributed by atoms with van der Waals surface area (Å²) in [6.45, 7) is 1.62. The summed E-state index contributed by atoms with van der Waals surface area (Å²) < 4.78 is 6.80. The number of likely N-dealkylation sites (tertiary alicyclic amines) is 1. The standard InChI is InChI=1S/C20H23N5O3S/c1-28-15-8-6-14(7-9-15)25-18-16(12-21-25)19(27)23-20(22-18)29-13-17(26)24-10-4-2-3-5-11-24/h6-9,12H,2-5,10-11,13H2,1H3,(H,22,23,27). The Morgan fingerprint density at radius 2 is 1.90 bits per heavy atom. The van der Waals surface area contributed by atoms with E-state index in [1.165, 1.54) is 30.8 Å². The van der Waals surface area contributed by atoms with Crippen molar-refractivity contribution in [3.05, 3.63) is 40.8 Å². The Morgan fingerprint density at radius 1 is 1.17 bits per heavy atom. The molecule has 1 aromatic carbocycles. The fourth-order valence-corrected chi connectivity index (χ4v) is 4.18. The maximum atomic E-state index is 12.5. The second kappa shape index (κ2) is 8.69. The fourth-order valence-electron chi connectivity index (χ4n) is 3.42. The summed E-state index contributed by atoms with van der Waals surface area (Å²) in [6.07, 6.45) is 5.97. The second-order valence-corrected chi connectivity index (χ2v) is 7.91. The largest absolute Gasteiger partial charge is 0.497 e. The molecule has 0 aliphatic carbocycles. The van der Waals surface area contributed by atoms with Crippen LogP contribution >= 0.6 is 11.8 Å². The highest BCUT2D eigenvalue weighted by Gasteiger charge is 2.17. The van der Waals surface area contributed by atoms with Crippen molar-refractivity contribution in [2.45, 2.75) is 30.8 Å². The molecule has 0 spiro atoms. The lowest BCUT2D eigenvalue weighted by atomic mass is 10.2. The summed E-state index contributed by atoms with van der Waals surface area (Å²) >= 11 is 1.25. The molecule has 152 valence electrons. The molecule has 1 amide bonds. The molecule has 0 radical (unpaired) electrons. The van der Waals surface area contributed by atoms with Crippen LogP contribution < -0.4 is 10.3 Å². The highest BCUT2D eigenvalue weighted by molar-refractivity contribution is 7.99. The van der Waals surface area contributed by atoms with Gasteiger partial charge in [-0.2, -0.15) is 5.10 Å². The summed E-state index contributed by atoms with van der Waals surface area (Å²) in [5.74, 6) is 1.08. The first kappa shape index (κ1) is 19.5. The number of nitrogens with zero attached hydrogens (tertiary/aromatic N) is 4. The zero-order valence-electron chi connectivity index (χ0n) is 16.3. The van der Waals surface area contributed by atoms with Crippen molar-refractivity contribution in [1.82, 2.24) is 24.6 Å². The summed E-state index contributed by atoms with van der Waals surface area (Å²) in [5.41, 5.74) is 0.971. The number of nitrogens with one attached hydrogen (secondary N) is 1. The van der Waals surface area contributed by atoms with Gasteiger partial charge in [0, 0.05) is 13.1 Å². The molecule has 3 heterocycles. The van der Waals surface area contributed by atoms with E-state index in [9.17, 15) is 9.59 Å². The Morgan fingerprint density at radius 3 is 2.59 bits per heavy atom. The topological polar surface area (TPSA) is 93.1 Å². The molecular formula is C20H23N5O3S. The number of fused-ring (bicyclic) bond motifs is 1. The highest BCUT2D eigenvalue weighted by atomic mass is 32.2. The minimum atomic E-state index is -0.264. The molecule has 0 unspecified atom stereocenters. The Kier molecular flexibility index (Phi) is 5.84. The van der Waals surface area contributed by atoms with Crippen LogP contribution in [0.5, 0.6) is 5.75 Å². The third-order valence-electron chi connectivity index (χ3n) is 5.02. The first-order chi connectivity index (χ1) is 14.2. The number of hydrogen-bond donors (Lipinski definition) is 1. The van der Waals surface area contributed by atoms with Crippen LogP contribution in [-0.4, -0.2) is 56.5 Å². The lowest BCUT2D eigenvalue weighted by Crippen LogP contribution is -2.33. The molecule has 0 saturated carbocycles. The molecule has 1 fully saturated rings. The van der Waals surface area contributed by atoms with Crippen molar-refractivity contribution in [2.75, 3.05) is 26.0 Å². The van der Waals surface area contributed by atoms with Crippen molar-refractivity contribution in [1.29, 1.82) is 0 Å². The molecule has 2 aromatic heterocycles. The van der Waals surface area contributed by atoms with Gasteiger partial charge in [0.05, 0.1) is 24.7 Å². The smallest absolute Gasteiger partial charge is 0.262 e. The van der Waals surface area contributed by atoms with E-state index < -0.39 is 0 Å². The first-order valence-corrected chi connectivity index (χ1v) is 10.7. The first-order valence-electron chi connectivity index (χ1n) is 9.69. The number of carbonyl (C=O) groups is 1. The Hall–Kier alpha value is -2.81. The zero-order chi connectivity index (χ0) is 20.2. The lowest BCUT2D eigenvalue weighted by Gasteiger charge is -2.19. The third kappa shape index (κ3) is 4.29. The number of carbonyl (C=O) groups excluding carboxylic acids is 1. The number of amides is 1.